The van der Waals surface area contributed by atoms with Crippen molar-refractivity contribution in [3.63, 3.8) is 0 Å². The molecule has 2 amide bonds. The highest BCUT2D eigenvalue weighted by Crippen LogP contribution is 2.12. The van der Waals surface area contributed by atoms with Gasteiger partial charge in [0, 0.05) is 24.2 Å². The van der Waals surface area contributed by atoms with E-state index in [1.54, 1.807) is 11.6 Å². The number of hydrogen-bond acceptors (Lipinski definition) is 4. The van der Waals surface area contributed by atoms with Crippen LogP contribution in [0.1, 0.15) is 19.4 Å². The van der Waals surface area contributed by atoms with Gasteiger partial charge in [-0.15, -0.1) is 11.3 Å². The summed E-state index contributed by atoms with van der Waals surface area (Å²) in [6, 6.07) is 9.53. The topological polar surface area (TPSA) is 62.3 Å². The minimum Gasteiger partial charge on any atom is -0.328 e. The van der Waals surface area contributed by atoms with Gasteiger partial charge in [0.05, 0.1) is 0 Å². The first-order chi connectivity index (χ1) is 10.1. The van der Waals surface area contributed by atoms with E-state index in [1.165, 1.54) is 16.2 Å². The molecule has 2 rings (SSSR count). The smallest absolute Gasteiger partial charge is 0.315 e. The van der Waals surface area contributed by atoms with Gasteiger partial charge in [-0.2, -0.15) is 0 Å². The van der Waals surface area contributed by atoms with Crippen LogP contribution in [-0.2, 0) is 16.1 Å². The maximum absolute atomic E-state index is 12.3. The second kappa shape index (κ2) is 6.99. The molecule has 110 valence electrons. The summed E-state index contributed by atoms with van der Waals surface area (Å²) in [5.41, 5.74) is 0.988. The summed E-state index contributed by atoms with van der Waals surface area (Å²) in [5.74, 6) is -1.21. The van der Waals surface area contributed by atoms with E-state index in [9.17, 15) is 9.59 Å². The summed E-state index contributed by atoms with van der Waals surface area (Å²) in [6.07, 6.45) is 1.58. The normalized spacial score (nSPS) is 10.4. The number of aromatic nitrogens is 1. The fourth-order valence-electron chi connectivity index (χ4n) is 1.84. The van der Waals surface area contributed by atoms with Crippen molar-refractivity contribution in [2.24, 2.45) is 0 Å². The molecule has 0 unspecified atom stereocenters. The average Bonchev–Trinajstić information content (AvgIpc) is 2.97. The molecule has 1 aromatic carbocycles. The Labute approximate surface area is 127 Å². The maximum atomic E-state index is 12.3. The summed E-state index contributed by atoms with van der Waals surface area (Å²) in [5, 5.41) is 4.69. The van der Waals surface area contributed by atoms with Gasteiger partial charge >= 0.3 is 11.8 Å². The molecule has 0 fully saturated rings. The lowest BCUT2D eigenvalue weighted by molar-refractivity contribution is -0.144. The molecule has 0 aliphatic rings. The Kier molecular flexibility index (Phi) is 5.05. The van der Waals surface area contributed by atoms with Gasteiger partial charge in [0.25, 0.3) is 0 Å². The van der Waals surface area contributed by atoms with Crippen LogP contribution in [0.2, 0.25) is 0 Å². The van der Waals surface area contributed by atoms with Crippen LogP contribution in [0.4, 0.5) is 5.13 Å². The van der Waals surface area contributed by atoms with Crippen LogP contribution in [0.5, 0.6) is 0 Å². The molecule has 0 aliphatic heterocycles. The number of nitrogens with one attached hydrogen (secondary N) is 1. The van der Waals surface area contributed by atoms with Gasteiger partial charge in [-0.1, -0.05) is 30.3 Å². The van der Waals surface area contributed by atoms with Crippen LogP contribution in [0.25, 0.3) is 0 Å². The fraction of sp³-hybridized carbons (Fsp3) is 0.267. The lowest BCUT2D eigenvalue weighted by atomic mass is 10.2. The maximum Gasteiger partial charge on any atom is 0.315 e. The van der Waals surface area contributed by atoms with Gasteiger partial charge < -0.3 is 4.90 Å². The average molecular weight is 303 g/mol. The predicted octanol–water partition coefficient (Wildman–Crippen LogP) is 2.52. The number of hydrogen-bond donors (Lipinski definition) is 1. The summed E-state index contributed by atoms with van der Waals surface area (Å²) < 4.78 is 0. The number of carbonyl (C=O) groups is 2. The van der Waals surface area contributed by atoms with Crippen LogP contribution >= 0.6 is 11.3 Å². The van der Waals surface area contributed by atoms with E-state index < -0.39 is 11.8 Å². The van der Waals surface area contributed by atoms with Crippen LogP contribution in [0.3, 0.4) is 0 Å². The molecule has 21 heavy (non-hydrogen) atoms. The van der Waals surface area contributed by atoms with Crippen molar-refractivity contribution >= 4 is 28.3 Å². The largest absolute Gasteiger partial charge is 0.328 e. The zero-order chi connectivity index (χ0) is 15.2. The highest BCUT2D eigenvalue weighted by molar-refractivity contribution is 7.13. The van der Waals surface area contributed by atoms with E-state index >= 15 is 0 Å². The minimum atomic E-state index is -0.658. The highest BCUT2D eigenvalue weighted by atomic mass is 32.1. The first-order valence-corrected chi connectivity index (χ1v) is 7.51. The first kappa shape index (κ1) is 15.2. The van der Waals surface area contributed by atoms with Crippen LogP contribution in [0.15, 0.2) is 41.9 Å². The predicted molar refractivity (Wildman–Crippen MR) is 82.9 cm³/mol. The Morgan fingerprint density at radius 2 is 2.00 bits per heavy atom. The summed E-state index contributed by atoms with van der Waals surface area (Å²) in [7, 11) is 0. The molecule has 0 saturated heterocycles. The van der Waals surface area contributed by atoms with E-state index in [0.29, 0.717) is 11.7 Å². The molecule has 1 heterocycles. The molecule has 0 radical (unpaired) electrons. The Balaban J connectivity index is 2.07. The van der Waals surface area contributed by atoms with E-state index in [2.05, 4.69) is 10.3 Å². The monoisotopic (exact) mass is 303 g/mol. The second-order valence-electron chi connectivity index (χ2n) is 4.80. The zero-order valence-corrected chi connectivity index (χ0v) is 12.8. The molecule has 6 heteroatoms. The van der Waals surface area contributed by atoms with Crippen LogP contribution < -0.4 is 5.32 Å². The van der Waals surface area contributed by atoms with Crippen LogP contribution in [0, 0.1) is 0 Å². The minimum absolute atomic E-state index is 0.0697. The van der Waals surface area contributed by atoms with Gasteiger partial charge in [0.15, 0.2) is 5.13 Å². The summed E-state index contributed by atoms with van der Waals surface area (Å²) in [6.45, 7) is 4.18. The standard InChI is InChI=1S/C15H17N3O2S/c1-11(2)18(10-12-6-4-3-5-7-12)14(20)13(19)17-15-16-8-9-21-15/h3-9,11H,10H2,1-2H3,(H,16,17,19). The molecule has 0 aliphatic carbocycles. The van der Waals surface area contributed by atoms with Gasteiger partial charge in [0.1, 0.15) is 0 Å². The van der Waals surface area contributed by atoms with Gasteiger partial charge in [-0.25, -0.2) is 4.98 Å². The molecule has 1 N–H and O–H groups in total. The van der Waals surface area contributed by atoms with Crippen molar-refractivity contribution in [1.82, 2.24) is 9.88 Å². The molecule has 0 atom stereocenters. The van der Waals surface area contributed by atoms with Crippen LogP contribution in [-0.4, -0.2) is 27.7 Å². The second-order valence-corrected chi connectivity index (χ2v) is 5.70. The molecular weight excluding hydrogens is 286 g/mol. The number of benzene rings is 1. The Bertz CT molecular complexity index is 597. The van der Waals surface area contributed by atoms with E-state index in [1.807, 2.05) is 44.2 Å². The quantitative estimate of drug-likeness (QED) is 0.883. The van der Waals surface area contributed by atoms with Crippen molar-refractivity contribution in [3.05, 3.63) is 47.5 Å². The number of thiazole rings is 1. The Morgan fingerprint density at radius 1 is 1.29 bits per heavy atom. The zero-order valence-electron chi connectivity index (χ0n) is 11.9. The number of nitrogens with zero attached hydrogens (tertiary/aromatic N) is 2. The number of carbonyl (C=O) groups excluding carboxylic acids is 2. The molecule has 0 saturated carbocycles. The first-order valence-electron chi connectivity index (χ1n) is 6.63. The van der Waals surface area contributed by atoms with Crippen molar-refractivity contribution < 1.29 is 9.59 Å². The van der Waals surface area contributed by atoms with E-state index in [4.69, 9.17) is 0 Å². The Morgan fingerprint density at radius 3 is 2.57 bits per heavy atom. The summed E-state index contributed by atoms with van der Waals surface area (Å²) >= 11 is 1.28. The fourth-order valence-corrected chi connectivity index (χ4v) is 2.36. The summed E-state index contributed by atoms with van der Waals surface area (Å²) in [4.78, 5) is 29.8. The molecular formula is C15H17N3O2S. The SMILES string of the molecule is CC(C)N(Cc1ccccc1)C(=O)C(=O)Nc1nccs1. The number of rotatable bonds is 4. The molecule has 5 nitrogen and oxygen atoms in total. The lowest BCUT2D eigenvalue weighted by Gasteiger charge is -2.26. The van der Waals surface area contributed by atoms with Crippen molar-refractivity contribution in [2.75, 3.05) is 5.32 Å². The van der Waals surface area contributed by atoms with Crippen molar-refractivity contribution in [3.8, 4) is 0 Å². The lowest BCUT2D eigenvalue weighted by Crippen LogP contribution is -2.43. The number of amides is 2. The molecule has 0 spiro atoms. The van der Waals surface area contributed by atoms with E-state index in [0.717, 1.165) is 5.56 Å². The van der Waals surface area contributed by atoms with Crippen molar-refractivity contribution in [2.45, 2.75) is 26.4 Å². The van der Waals surface area contributed by atoms with Gasteiger partial charge in [-0.05, 0) is 19.4 Å². The Hall–Kier alpha value is -2.21. The van der Waals surface area contributed by atoms with Crippen molar-refractivity contribution in [1.29, 1.82) is 0 Å². The molecule has 2 aromatic rings. The molecule has 1 aromatic heterocycles. The third-order valence-corrected chi connectivity index (χ3v) is 3.62. The molecule has 0 bridgehead atoms. The van der Waals surface area contributed by atoms with Gasteiger partial charge in [-0.3, -0.25) is 14.9 Å². The highest BCUT2D eigenvalue weighted by Gasteiger charge is 2.24. The third kappa shape index (κ3) is 4.13. The van der Waals surface area contributed by atoms with E-state index in [-0.39, 0.29) is 6.04 Å². The van der Waals surface area contributed by atoms with Gasteiger partial charge in [0.2, 0.25) is 0 Å². The third-order valence-electron chi connectivity index (χ3n) is 2.93. The number of anilines is 1.